The number of halogens is 1. The van der Waals surface area contributed by atoms with Crippen molar-refractivity contribution in [2.24, 2.45) is 5.16 Å². The molecule has 0 saturated carbocycles. The van der Waals surface area contributed by atoms with Gasteiger partial charge in [0.1, 0.15) is 17.9 Å². The molecule has 0 aliphatic rings. The van der Waals surface area contributed by atoms with Gasteiger partial charge in [-0.25, -0.2) is 18.9 Å². The Morgan fingerprint density at radius 2 is 1.79 bits per heavy atom. The molecule has 5 rings (SSSR count). The molecular weight excluding hydrogens is 423 g/mol. The van der Waals surface area contributed by atoms with Gasteiger partial charge < -0.3 is 9.57 Å². The summed E-state index contributed by atoms with van der Waals surface area (Å²) in [5.74, 6) is 0.986. The first-order chi connectivity index (χ1) is 16.0. The highest BCUT2D eigenvalue weighted by atomic mass is 19.1. The molecule has 0 aliphatic carbocycles. The van der Waals surface area contributed by atoms with Crippen LogP contribution in [0.15, 0.2) is 60.0 Å². The van der Waals surface area contributed by atoms with Crippen LogP contribution in [0.25, 0.3) is 22.4 Å². The Bertz CT molecular complexity index is 1470. The first kappa shape index (κ1) is 20.6. The number of aromatic nitrogens is 5. The number of oxime groups is 1. The van der Waals surface area contributed by atoms with Gasteiger partial charge in [-0.1, -0.05) is 5.16 Å². The zero-order chi connectivity index (χ0) is 22.9. The molecule has 0 atom stereocenters. The Labute approximate surface area is 188 Å². The highest BCUT2D eigenvalue weighted by Crippen LogP contribution is 2.29. The lowest BCUT2D eigenvalue weighted by Crippen LogP contribution is -1.99. The average molecular weight is 444 g/mol. The van der Waals surface area contributed by atoms with Gasteiger partial charge in [-0.2, -0.15) is 0 Å². The predicted octanol–water partition coefficient (Wildman–Crippen LogP) is 4.38. The summed E-state index contributed by atoms with van der Waals surface area (Å²) in [6.45, 7) is 4.14. The lowest BCUT2D eigenvalue weighted by Gasteiger charge is -2.07. The average Bonchev–Trinajstić information content (AvgIpc) is 3.36. The van der Waals surface area contributed by atoms with Crippen molar-refractivity contribution in [1.82, 2.24) is 24.1 Å². The first-order valence-electron chi connectivity index (χ1n) is 10.3. The summed E-state index contributed by atoms with van der Waals surface area (Å²) in [4.78, 5) is 14.7. The molecule has 5 aromatic rings. The fourth-order valence-electron chi connectivity index (χ4n) is 3.76. The highest BCUT2D eigenvalue weighted by molar-refractivity contribution is 5.95. The summed E-state index contributed by atoms with van der Waals surface area (Å²) in [6.07, 6.45) is 3.24. The molecule has 33 heavy (non-hydrogen) atoms. The number of ether oxygens (including phenoxy) is 1. The van der Waals surface area contributed by atoms with Crippen molar-refractivity contribution in [3.8, 4) is 11.4 Å². The lowest BCUT2D eigenvalue weighted by molar-refractivity contribution is 0.126. The third-order valence-corrected chi connectivity index (χ3v) is 5.55. The van der Waals surface area contributed by atoms with E-state index in [-0.39, 0.29) is 12.4 Å². The number of hydrogen-bond acceptors (Lipinski definition) is 6. The summed E-state index contributed by atoms with van der Waals surface area (Å²) in [6, 6.07) is 13.8. The minimum atomic E-state index is -0.281. The maximum atomic E-state index is 13.4. The van der Waals surface area contributed by atoms with E-state index in [2.05, 4.69) is 20.2 Å². The third kappa shape index (κ3) is 3.78. The molecule has 0 spiro atoms. The fourth-order valence-corrected chi connectivity index (χ4v) is 3.76. The van der Waals surface area contributed by atoms with E-state index in [1.165, 1.54) is 12.1 Å². The minimum Gasteiger partial charge on any atom is -0.497 e. The van der Waals surface area contributed by atoms with Crippen molar-refractivity contribution in [2.45, 2.75) is 20.5 Å². The Hall–Kier alpha value is -4.27. The van der Waals surface area contributed by atoms with Crippen molar-refractivity contribution >= 4 is 22.9 Å². The van der Waals surface area contributed by atoms with Crippen molar-refractivity contribution < 1.29 is 14.0 Å². The van der Waals surface area contributed by atoms with E-state index >= 15 is 0 Å². The molecule has 0 N–H and O–H groups in total. The molecule has 0 bridgehead atoms. The maximum absolute atomic E-state index is 13.4. The summed E-state index contributed by atoms with van der Waals surface area (Å²) >= 11 is 0. The monoisotopic (exact) mass is 444 g/mol. The second-order valence-electron chi connectivity index (χ2n) is 7.54. The van der Waals surface area contributed by atoms with E-state index < -0.39 is 0 Å². The SMILES string of the molecule is COc1ccc(C=NOCc2nc3c4c(C)c(C)n(-c5ccc(F)cc5)c4ncn3n2)cc1. The van der Waals surface area contributed by atoms with Gasteiger partial charge in [0.2, 0.25) is 0 Å². The van der Waals surface area contributed by atoms with Crippen LogP contribution in [0, 0.1) is 19.7 Å². The van der Waals surface area contributed by atoms with Gasteiger partial charge in [-0.15, -0.1) is 5.10 Å². The Morgan fingerprint density at radius 1 is 1.03 bits per heavy atom. The molecule has 8 nitrogen and oxygen atoms in total. The van der Waals surface area contributed by atoms with E-state index in [0.29, 0.717) is 11.5 Å². The van der Waals surface area contributed by atoms with Crippen molar-refractivity contribution in [1.29, 1.82) is 0 Å². The molecule has 0 fully saturated rings. The van der Waals surface area contributed by atoms with Crippen LogP contribution in [-0.4, -0.2) is 37.5 Å². The molecular formula is C24H21FN6O2. The number of rotatable bonds is 6. The molecule has 9 heteroatoms. The van der Waals surface area contributed by atoms with Crippen LogP contribution in [0.5, 0.6) is 5.75 Å². The quantitative estimate of drug-likeness (QED) is 0.287. The van der Waals surface area contributed by atoms with Crippen LogP contribution in [0.4, 0.5) is 4.39 Å². The minimum absolute atomic E-state index is 0.118. The van der Waals surface area contributed by atoms with Crippen LogP contribution < -0.4 is 4.74 Å². The largest absolute Gasteiger partial charge is 0.497 e. The van der Waals surface area contributed by atoms with Crippen molar-refractivity contribution in [3.05, 3.63) is 83.3 Å². The zero-order valence-electron chi connectivity index (χ0n) is 18.4. The van der Waals surface area contributed by atoms with Gasteiger partial charge in [0.25, 0.3) is 0 Å². The van der Waals surface area contributed by atoms with E-state index in [4.69, 9.17) is 9.57 Å². The van der Waals surface area contributed by atoms with E-state index in [1.807, 2.05) is 42.7 Å². The topological polar surface area (TPSA) is 78.8 Å². The number of benzene rings is 2. The summed E-state index contributed by atoms with van der Waals surface area (Å²) < 4.78 is 22.2. The van der Waals surface area contributed by atoms with Crippen molar-refractivity contribution in [3.63, 3.8) is 0 Å². The number of nitrogens with zero attached hydrogens (tertiary/aromatic N) is 6. The van der Waals surface area contributed by atoms with Gasteiger partial charge in [0.15, 0.2) is 23.7 Å². The Morgan fingerprint density at radius 3 is 2.52 bits per heavy atom. The number of hydrogen-bond donors (Lipinski definition) is 0. The lowest BCUT2D eigenvalue weighted by atomic mass is 10.2. The molecule has 0 amide bonds. The van der Waals surface area contributed by atoms with Gasteiger partial charge in [-0.3, -0.25) is 4.57 Å². The highest BCUT2D eigenvalue weighted by Gasteiger charge is 2.19. The second-order valence-corrected chi connectivity index (χ2v) is 7.54. The summed E-state index contributed by atoms with van der Waals surface area (Å²) in [7, 11) is 1.62. The molecule has 166 valence electrons. The van der Waals surface area contributed by atoms with Crippen molar-refractivity contribution in [2.75, 3.05) is 7.11 Å². The summed E-state index contributed by atoms with van der Waals surface area (Å²) in [5, 5.41) is 9.35. The Kier molecular flexibility index (Phi) is 5.21. The number of aryl methyl sites for hydroxylation is 1. The predicted molar refractivity (Wildman–Crippen MR) is 122 cm³/mol. The van der Waals surface area contributed by atoms with Gasteiger partial charge in [-0.05, 0) is 73.5 Å². The third-order valence-electron chi connectivity index (χ3n) is 5.55. The molecule has 2 aromatic carbocycles. The van der Waals surface area contributed by atoms with E-state index in [9.17, 15) is 4.39 Å². The molecule has 3 heterocycles. The first-order valence-corrected chi connectivity index (χ1v) is 10.3. The standard InChI is InChI=1S/C24H21FN6O2/c1-15-16(2)31(19-8-6-18(25)7-9-19)23-22(15)24-28-21(29-30(24)14-26-23)13-33-27-12-17-4-10-20(32-3)11-5-17/h4-12,14H,13H2,1-3H3. The molecule has 3 aromatic heterocycles. The van der Waals surface area contributed by atoms with Crippen LogP contribution in [0.2, 0.25) is 0 Å². The summed E-state index contributed by atoms with van der Waals surface area (Å²) in [5.41, 5.74) is 5.17. The Balaban J connectivity index is 1.43. The second kappa shape index (κ2) is 8.34. The normalized spacial score (nSPS) is 11.6. The number of fused-ring (bicyclic) bond motifs is 3. The molecule has 0 unspecified atom stereocenters. The van der Waals surface area contributed by atoms with Crippen LogP contribution in [0.3, 0.4) is 0 Å². The van der Waals surface area contributed by atoms with Crippen LogP contribution >= 0.6 is 0 Å². The zero-order valence-corrected chi connectivity index (χ0v) is 18.4. The maximum Gasteiger partial charge on any atom is 0.192 e. The van der Waals surface area contributed by atoms with Gasteiger partial charge in [0, 0.05) is 11.4 Å². The fraction of sp³-hybridized carbons (Fsp3) is 0.167. The number of methoxy groups -OCH3 is 1. The molecule has 0 aliphatic heterocycles. The molecule has 0 saturated heterocycles. The van der Waals surface area contributed by atoms with Gasteiger partial charge in [0.05, 0.1) is 18.7 Å². The van der Waals surface area contributed by atoms with Crippen LogP contribution in [-0.2, 0) is 11.4 Å². The molecule has 0 radical (unpaired) electrons. The smallest absolute Gasteiger partial charge is 0.192 e. The van der Waals surface area contributed by atoms with Crippen LogP contribution in [0.1, 0.15) is 22.6 Å². The van der Waals surface area contributed by atoms with Gasteiger partial charge >= 0.3 is 0 Å². The van der Waals surface area contributed by atoms with E-state index in [0.717, 1.165) is 39.3 Å². The van der Waals surface area contributed by atoms with E-state index in [1.54, 1.807) is 36.3 Å².